The number of hydrogen-bond donors (Lipinski definition) is 1. The summed E-state index contributed by atoms with van der Waals surface area (Å²) in [6, 6.07) is 9.82. The number of hydrogen-bond acceptors (Lipinski definition) is 5. The van der Waals surface area contributed by atoms with Gasteiger partial charge >= 0.3 is 0 Å². The number of nitrogens with two attached hydrogens (primary N) is 1. The first-order valence-electron chi connectivity index (χ1n) is 8.68. The van der Waals surface area contributed by atoms with Gasteiger partial charge in [0.25, 0.3) is 0 Å². The predicted octanol–water partition coefficient (Wildman–Crippen LogP) is 2.55. The standard InChI is InChI=1S/C18H20ClN5O2S/c1-23-16-5-3-2-4-15(16)22-18(23)13-10-17(21-11-14(13)19)24-8-6-12(7-9-24)27(20,25)26/h2-5,10-12H,6-9H2,1H3,(H2,20,25,26). The van der Waals surface area contributed by atoms with Crippen LogP contribution in [0.3, 0.4) is 0 Å². The molecule has 3 aromatic rings. The molecule has 0 spiro atoms. The van der Waals surface area contributed by atoms with E-state index in [4.69, 9.17) is 21.7 Å². The minimum atomic E-state index is -3.49. The third-order valence-electron chi connectivity index (χ3n) is 5.10. The van der Waals surface area contributed by atoms with E-state index in [9.17, 15) is 8.42 Å². The lowest BCUT2D eigenvalue weighted by atomic mass is 10.1. The molecule has 0 atom stereocenters. The van der Waals surface area contributed by atoms with Crippen LogP contribution < -0.4 is 10.0 Å². The average molecular weight is 406 g/mol. The fourth-order valence-electron chi connectivity index (χ4n) is 3.57. The highest BCUT2D eigenvalue weighted by Crippen LogP contribution is 2.32. The Kier molecular flexibility index (Phi) is 4.57. The summed E-state index contributed by atoms with van der Waals surface area (Å²) in [5.41, 5.74) is 2.73. The molecule has 0 unspecified atom stereocenters. The summed E-state index contributed by atoms with van der Waals surface area (Å²) >= 11 is 6.42. The Bertz CT molecular complexity index is 1100. The van der Waals surface area contributed by atoms with Crippen LogP contribution in [0.25, 0.3) is 22.4 Å². The lowest BCUT2D eigenvalue weighted by Crippen LogP contribution is -2.41. The van der Waals surface area contributed by atoms with Crippen molar-refractivity contribution in [3.05, 3.63) is 41.6 Å². The van der Waals surface area contributed by atoms with E-state index in [1.807, 2.05) is 41.9 Å². The maximum atomic E-state index is 11.6. The lowest BCUT2D eigenvalue weighted by Gasteiger charge is -2.31. The largest absolute Gasteiger partial charge is 0.357 e. The van der Waals surface area contributed by atoms with Crippen LogP contribution in [0.2, 0.25) is 5.02 Å². The number of pyridine rings is 1. The lowest BCUT2D eigenvalue weighted by molar-refractivity contribution is 0.529. The molecule has 0 aliphatic carbocycles. The Morgan fingerprint density at radius 1 is 1.22 bits per heavy atom. The van der Waals surface area contributed by atoms with Crippen LogP contribution in [-0.2, 0) is 17.1 Å². The maximum Gasteiger partial charge on any atom is 0.212 e. The van der Waals surface area contributed by atoms with E-state index >= 15 is 0 Å². The van der Waals surface area contributed by atoms with Crippen LogP contribution in [0, 0.1) is 0 Å². The summed E-state index contributed by atoms with van der Waals surface area (Å²) in [7, 11) is -1.53. The van der Waals surface area contributed by atoms with Crippen molar-refractivity contribution in [2.45, 2.75) is 18.1 Å². The molecule has 0 amide bonds. The summed E-state index contributed by atoms with van der Waals surface area (Å²) in [6.07, 6.45) is 2.60. The van der Waals surface area contributed by atoms with Gasteiger partial charge in [0.05, 0.1) is 21.3 Å². The Balaban J connectivity index is 1.67. The van der Waals surface area contributed by atoms with Gasteiger partial charge in [-0.25, -0.2) is 23.5 Å². The molecule has 0 bridgehead atoms. The second kappa shape index (κ2) is 6.78. The molecule has 27 heavy (non-hydrogen) atoms. The zero-order chi connectivity index (χ0) is 19.2. The number of aryl methyl sites for hydroxylation is 1. The highest BCUT2D eigenvalue weighted by atomic mass is 35.5. The number of benzene rings is 1. The number of primary sulfonamides is 1. The van der Waals surface area contributed by atoms with Gasteiger partial charge < -0.3 is 9.47 Å². The SMILES string of the molecule is Cn1c(-c2cc(N3CCC(S(N)(=O)=O)CC3)ncc2Cl)nc2ccccc21. The summed E-state index contributed by atoms with van der Waals surface area (Å²) in [5, 5.41) is 5.32. The van der Waals surface area contributed by atoms with Crippen molar-refractivity contribution >= 4 is 38.5 Å². The average Bonchev–Trinajstić information content (AvgIpc) is 2.98. The van der Waals surface area contributed by atoms with Gasteiger partial charge in [-0.3, -0.25) is 0 Å². The number of piperidine rings is 1. The van der Waals surface area contributed by atoms with E-state index in [-0.39, 0.29) is 0 Å². The first-order valence-corrected chi connectivity index (χ1v) is 10.7. The number of aromatic nitrogens is 3. The fraction of sp³-hybridized carbons (Fsp3) is 0.333. The van der Waals surface area contributed by atoms with Crippen molar-refractivity contribution < 1.29 is 8.42 Å². The van der Waals surface area contributed by atoms with Crippen LogP contribution in [0.15, 0.2) is 36.5 Å². The molecule has 1 fully saturated rings. The van der Waals surface area contributed by atoms with Crippen molar-refractivity contribution in [1.82, 2.24) is 14.5 Å². The number of halogens is 1. The molecule has 9 heteroatoms. The normalized spacial score (nSPS) is 16.2. The number of imidazole rings is 1. The van der Waals surface area contributed by atoms with Crippen LogP contribution >= 0.6 is 11.6 Å². The highest BCUT2D eigenvalue weighted by molar-refractivity contribution is 7.89. The first kappa shape index (κ1) is 18.2. The quantitative estimate of drug-likeness (QED) is 0.722. The van der Waals surface area contributed by atoms with Crippen molar-refractivity contribution in [3.63, 3.8) is 0 Å². The minimum Gasteiger partial charge on any atom is -0.357 e. The van der Waals surface area contributed by atoms with E-state index in [1.54, 1.807) is 6.20 Å². The van der Waals surface area contributed by atoms with Gasteiger partial charge in [0.1, 0.15) is 11.6 Å². The van der Waals surface area contributed by atoms with E-state index in [2.05, 4.69) is 9.88 Å². The van der Waals surface area contributed by atoms with Gasteiger partial charge in [0.2, 0.25) is 10.0 Å². The molecule has 1 aliphatic heterocycles. The molecule has 3 heterocycles. The van der Waals surface area contributed by atoms with Gasteiger partial charge in [-0.2, -0.15) is 0 Å². The summed E-state index contributed by atoms with van der Waals surface area (Å²) < 4.78 is 25.1. The van der Waals surface area contributed by atoms with E-state index in [0.717, 1.165) is 28.2 Å². The van der Waals surface area contributed by atoms with Gasteiger partial charge in [-0.05, 0) is 31.0 Å². The molecular weight excluding hydrogens is 386 g/mol. The first-order chi connectivity index (χ1) is 12.8. The number of sulfonamides is 1. The number of rotatable bonds is 3. The number of fused-ring (bicyclic) bond motifs is 1. The summed E-state index contributed by atoms with van der Waals surface area (Å²) in [4.78, 5) is 11.2. The Labute approximate surface area is 162 Å². The Morgan fingerprint density at radius 3 is 2.59 bits per heavy atom. The van der Waals surface area contributed by atoms with Gasteiger partial charge in [0.15, 0.2) is 0 Å². The zero-order valence-electron chi connectivity index (χ0n) is 14.8. The molecule has 4 rings (SSSR count). The van der Waals surface area contributed by atoms with E-state index in [0.29, 0.717) is 31.0 Å². The zero-order valence-corrected chi connectivity index (χ0v) is 16.4. The van der Waals surface area contributed by atoms with Crippen molar-refractivity contribution in [2.75, 3.05) is 18.0 Å². The van der Waals surface area contributed by atoms with Crippen LogP contribution in [0.1, 0.15) is 12.8 Å². The number of nitrogens with zero attached hydrogens (tertiary/aromatic N) is 4. The smallest absolute Gasteiger partial charge is 0.212 e. The van der Waals surface area contributed by atoms with Crippen LogP contribution in [-0.4, -0.2) is 41.3 Å². The Hall–Kier alpha value is -2.16. The maximum absolute atomic E-state index is 11.6. The minimum absolute atomic E-state index is 0.486. The number of para-hydroxylation sites is 2. The van der Waals surface area contributed by atoms with E-state index < -0.39 is 15.3 Å². The van der Waals surface area contributed by atoms with Gasteiger partial charge in [0, 0.05) is 31.9 Å². The topological polar surface area (TPSA) is 94.1 Å². The van der Waals surface area contributed by atoms with Gasteiger partial charge in [-0.1, -0.05) is 23.7 Å². The monoisotopic (exact) mass is 405 g/mol. The third kappa shape index (κ3) is 3.40. The van der Waals surface area contributed by atoms with Crippen molar-refractivity contribution in [2.24, 2.45) is 12.2 Å². The molecule has 7 nitrogen and oxygen atoms in total. The summed E-state index contributed by atoms with van der Waals surface area (Å²) in [6.45, 7) is 1.16. The molecule has 142 valence electrons. The molecular formula is C18H20ClN5O2S. The van der Waals surface area contributed by atoms with Crippen LogP contribution in [0.4, 0.5) is 5.82 Å². The second-order valence-electron chi connectivity index (χ2n) is 6.78. The van der Waals surface area contributed by atoms with Crippen LogP contribution in [0.5, 0.6) is 0 Å². The molecule has 1 aliphatic rings. The van der Waals surface area contributed by atoms with Crippen molar-refractivity contribution in [3.8, 4) is 11.4 Å². The molecule has 0 radical (unpaired) electrons. The highest BCUT2D eigenvalue weighted by Gasteiger charge is 2.28. The third-order valence-corrected chi connectivity index (χ3v) is 6.80. The second-order valence-corrected chi connectivity index (χ2v) is 9.03. The Morgan fingerprint density at radius 2 is 1.93 bits per heavy atom. The molecule has 1 aromatic carbocycles. The molecule has 2 N–H and O–H groups in total. The molecule has 0 saturated carbocycles. The fourth-order valence-corrected chi connectivity index (χ4v) is 4.63. The summed E-state index contributed by atoms with van der Waals surface area (Å²) in [5.74, 6) is 1.53. The molecule has 2 aromatic heterocycles. The van der Waals surface area contributed by atoms with E-state index in [1.165, 1.54) is 0 Å². The number of anilines is 1. The molecule has 1 saturated heterocycles. The predicted molar refractivity (Wildman–Crippen MR) is 107 cm³/mol. The van der Waals surface area contributed by atoms with Gasteiger partial charge in [-0.15, -0.1) is 0 Å². The van der Waals surface area contributed by atoms with Crippen molar-refractivity contribution in [1.29, 1.82) is 0 Å².